The molecule has 4 amide bonds. The molecule has 3 rings (SSSR count). The van der Waals surface area contributed by atoms with Crippen LogP contribution < -0.4 is 26.0 Å². The number of carbonyl (C=O) groups is 3. The summed E-state index contributed by atoms with van der Waals surface area (Å²) in [7, 11) is 3.89. The average molecular weight is 490 g/mol. The topological polar surface area (TPSA) is 112 Å². The van der Waals surface area contributed by atoms with Crippen LogP contribution in [0.1, 0.15) is 15.9 Å². The van der Waals surface area contributed by atoms with Crippen LogP contribution >= 0.6 is 0 Å². The second kappa shape index (κ2) is 13.5. The minimum atomic E-state index is -0.408. The molecule has 3 aromatic rings. The number of benzene rings is 3. The minimum absolute atomic E-state index is 0.155. The number of likely N-dealkylation sites (N-methyl/N-ethyl adjacent to an activating group) is 1. The van der Waals surface area contributed by atoms with Crippen LogP contribution in [0, 0.1) is 0 Å². The van der Waals surface area contributed by atoms with Crippen molar-refractivity contribution in [2.24, 2.45) is 0 Å². The summed E-state index contributed by atoms with van der Waals surface area (Å²) in [5, 5.41) is 11.1. The summed E-state index contributed by atoms with van der Waals surface area (Å²) in [6, 6.07) is 22.6. The number of anilines is 2. The van der Waals surface area contributed by atoms with E-state index >= 15 is 0 Å². The number of para-hydroxylation sites is 1. The van der Waals surface area contributed by atoms with Crippen LogP contribution in [0.15, 0.2) is 78.9 Å². The highest BCUT2D eigenvalue weighted by molar-refractivity contribution is 5.94. The fourth-order valence-electron chi connectivity index (χ4n) is 3.21. The lowest BCUT2D eigenvalue weighted by molar-refractivity contribution is -0.118. The van der Waals surface area contributed by atoms with E-state index in [0.717, 1.165) is 12.1 Å². The van der Waals surface area contributed by atoms with E-state index < -0.39 is 6.03 Å². The first kappa shape index (κ1) is 26.2. The highest BCUT2D eigenvalue weighted by Gasteiger charge is 2.08. The van der Waals surface area contributed by atoms with Crippen molar-refractivity contribution in [3.8, 4) is 5.75 Å². The molecule has 0 aliphatic heterocycles. The molecule has 3 aromatic carbocycles. The molecule has 0 unspecified atom stereocenters. The third-order valence-corrected chi connectivity index (χ3v) is 5.01. The summed E-state index contributed by atoms with van der Waals surface area (Å²) in [5.74, 6) is 0.00678. The van der Waals surface area contributed by atoms with Gasteiger partial charge >= 0.3 is 6.03 Å². The molecule has 0 aromatic heterocycles. The zero-order chi connectivity index (χ0) is 25.8. The molecule has 4 N–H and O–H groups in total. The SMILES string of the molecule is CN(C)CCNC(=O)c1cccc(CNC(=O)Nc2cccc(OCC(=O)Nc3ccccc3)c2)c1. The predicted octanol–water partition coefficient (Wildman–Crippen LogP) is 3.32. The van der Waals surface area contributed by atoms with E-state index in [1.807, 2.05) is 43.3 Å². The number of nitrogens with one attached hydrogen (secondary N) is 4. The molecule has 9 heteroatoms. The van der Waals surface area contributed by atoms with Gasteiger partial charge in [0.1, 0.15) is 5.75 Å². The number of carbonyl (C=O) groups excluding carboxylic acids is 3. The summed E-state index contributed by atoms with van der Waals surface area (Å²) < 4.78 is 5.54. The quantitative estimate of drug-likeness (QED) is 0.330. The molecule has 0 fully saturated rings. The van der Waals surface area contributed by atoms with Crippen molar-refractivity contribution < 1.29 is 19.1 Å². The Labute approximate surface area is 210 Å². The molecule has 0 saturated heterocycles. The van der Waals surface area contributed by atoms with Crippen LogP contribution in [0.5, 0.6) is 5.75 Å². The molecule has 0 aliphatic rings. The van der Waals surface area contributed by atoms with Gasteiger partial charge in [0.2, 0.25) is 0 Å². The summed E-state index contributed by atoms with van der Waals surface area (Å²) >= 11 is 0. The third-order valence-electron chi connectivity index (χ3n) is 5.01. The van der Waals surface area contributed by atoms with E-state index in [0.29, 0.717) is 29.2 Å². The molecule has 188 valence electrons. The molecule has 0 aliphatic carbocycles. The second-order valence-corrected chi connectivity index (χ2v) is 8.30. The van der Waals surface area contributed by atoms with Gasteiger partial charge in [-0.25, -0.2) is 4.79 Å². The maximum atomic E-state index is 12.4. The predicted molar refractivity (Wildman–Crippen MR) is 140 cm³/mol. The smallest absolute Gasteiger partial charge is 0.319 e. The van der Waals surface area contributed by atoms with Crippen LogP contribution in [0.25, 0.3) is 0 Å². The Kier molecular flexibility index (Phi) is 9.84. The van der Waals surface area contributed by atoms with Gasteiger partial charge < -0.3 is 30.9 Å². The standard InChI is InChI=1S/C27H31N5O4/c1-32(2)15-14-28-26(34)21-9-6-8-20(16-21)18-29-27(35)31-23-12-7-13-24(17-23)36-19-25(33)30-22-10-4-3-5-11-22/h3-13,16-17H,14-15,18-19H2,1-2H3,(H,28,34)(H,30,33)(H2,29,31,35). The van der Waals surface area contributed by atoms with E-state index in [1.165, 1.54) is 0 Å². The fourth-order valence-corrected chi connectivity index (χ4v) is 3.21. The van der Waals surface area contributed by atoms with Crippen LogP contribution in [-0.4, -0.2) is 56.5 Å². The van der Waals surface area contributed by atoms with E-state index in [-0.39, 0.29) is 25.0 Å². The van der Waals surface area contributed by atoms with E-state index in [9.17, 15) is 14.4 Å². The Morgan fingerprint density at radius 1 is 0.806 bits per heavy atom. The molecule has 0 atom stereocenters. The van der Waals surface area contributed by atoms with Crippen LogP contribution in [0.3, 0.4) is 0 Å². The number of rotatable bonds is 11. The van der Waals surface area contributed by atoms with Gasteiger partial charge in [-0.15, -0.1) is 0 Å². The maximum absolute atomic E-state index is 12.4. The van der Waals surface area contributed by atoms with Gasteiger partial charge in [-0.2, -0.15) is 0 Å². The van der Waals surface area contributed by atoms with Gasteiger partial charge in [0.05, 0.1) is 0 Å². The Balaban J connectivity index is 1.45. The minimum Gasteiger partial charge on any atom is -0.484 e. The van der Waals surface area contributed by atoms with Crippen LogP contribution in [0.4, 0.5) is 16.2 Å². The first-order valence-electron chi connectivity index (χ1n) is 11.5. The van der Waals surface area contributed by atoms with Gasteiger partial charge in [0.25, 0.3) is 11.8 Å². The molecule has 0 saturated carbocycles. The summed E-state index contributed by atoms with van der Waals surface area (Å²) in [5.41, 5.74) is 2.54. The van der Waals surface area contributed by atoms with E-state index in [4.69, 9.17) is 4.74 Å². The van der Waals surface area contributed by atoms with Crippen molar-refractivity contribution in [1.29, 1.82) is 0 Å². The molecule has 0 spiro atoms. The largest absolute Gasteiger partial charge is 0.484 e. The zero-order valence-electron chi connectivity index (χ0n) is 20.4. The van der Waals surface area contributed by atoms with E-state index in [1.54, 1.807) is 54.6 Å². The maximum Gasteiger partial charge on any atom is 0.319 e. The first-order chi connectivity index (χ1) is 17.4. The lowest BCUT2D eigenvalue weighted by Crippen LogP contribution is -2.31. The van der Waals surface area contributed by atoms with Gasteiger partial charge in [-0.05, 0) is 56.1 Å². The molecule has 9 nitrogen and oxygen atoms in total. The lowest BCUT2D eigenvalue weighted by Gasteiger charge is -2.12. The Bertz CT molecular complexity index is 1170. The van der Waals surface area contributed by atoms with Crippen molar-refractivity contribution in [2.45, 2.75) is 6.54 Å². The van der Waals surface area contributed by atoms with E-state index in [2.05, 4.69) is 21.3 Å². The summed E-state index contributed by atoms with van der Waals surface area (Å²) in [6.07, 6.45) is 0. The number of hydrogen-bond acceptors (Lipinski definition) is 5. The van der Waals surface area contributed by atoms with Gasteiger partial charge in [0.15, 0.2) is 6.61 Å². The van der Waals surface area contributed by atoms with Gasteiger partial charge in [-0.3, -0.25) is 9.59 Å². The zero-order valence-corrected chi connectivity index (χ0v) is 20.4. The van der Waals surface area contributed by atoms with Crippen molar-refractivity contribution in [3.05, 3.63) is 90.0 Å². The fraction of sp³-hybridized carbons (Fsp3) is 0.222. The van der Waals surface area contributed by atoms with Crippen molar-refractivity contribution in [3.63, 3.8) is 0 Å². The Morgan fingerprint density at radius 3 is 2.33 bits per heavy atom. The normalized spacial score (nSPS) is 10.4. The lowest BCUT2D eigenvalue weighted by atomic mass is 10.1. The monoisotopic (exact) mass is 489 g/mol. The highest BCUT2D eigenvalue weighted by Crippen LogP contribution is 2.17. The summed E-state index contributed by atoms with van der Waals surface area (Å²) in [4.78, 5) is 38.7. The first-order valence-corrected chi connectivity index (χ1v) is 11.5. The number of amides is 4. The van der Waals surface area contributed by atoms with Gasteiger partial charge in [0, 0.05) is 42.6 Å². The molecular weight excluding hydrogens is 458 g/mol. The highest BCUT2D eigenvalue weighted by atomic mass is 16.5. The second-order valence-electron chi connectivity index (χ2n) is 8.30. The van der Waals surface area contributed by atoms with Gasteiger partial charge in [-0.1, -0.05) is 36.4 Å². The average Bonchev–Trinajstić information content (AvgIpc) is 2.87. The van der Waals surface area contributed by atoms with Crippen molar-refractivity contribution in [2.75, 3.05) is 44.4 Å². The van der Waals surface area contributed by atoms with Crippen molar-refractivity contribution >= 4 is 29.2 Å². The Morgan fingerprint density at radius 2 is 1.56 bits per heavy atom. The number of hydrogen-bond donors (Lipinski definition) is 4. The van der Waals surface area contributed by atoms with Crippen molar-refractivity contribution in [1.82, 2.24) is 15.5 Å². The summed E-state index contributed by atoms with van der Waals surface area (Å²) in [6.45, 7) is 1.39. The molecule has 0 heterocycles. The molecule has 0 bridgehead atoms. The molecule has 0 radical (unpaired) electrons. The number of ether oxygens (including phenoxy) is 1. The number of nitrogens with zero attached hydrogens (tertiary/aromatic N) is 1. The Hall–Kier alpha value is -4.37. The number of urea groups is 1. The third kappa shape index (κ3) is 9.11. The van der Waals surface area contributed by atoms with Crippen LogP contribution in [-0.2, 0) is 11.3 Å². The molecular formula is C27H31N5O4. The molecule has 36 heavy (non-hydrogen) atoms. The van der Waals surface area contributed by atoms with Crippen LogP contribution in [0.2, 0.25) is 0 Å².